The van der Waals surface area contributed by atoms with Gasteiger partial charge in [-0.15, -0.1) is 0 Å². The van der Waals surface area contributed by atoms with Crippen molar-refractivity contribution < 1.29 is 0 Å². The van der Waals surface area contributed by atoms with Gasteiger partial charge in [-0.05, 0) is 120 Å². The van der Waals surface area contributed by atoms with E-state index < -0.39 is 0 Å². The molecule has 0 saturated heterocycles. The van der Waals surface area contributed by atoms with E-state index in [0.717, 1.165) is 29.2 Å². The average Bonchev–Trinajstić information content (AvgIpc) is 3.56. The fourth-order valence-electron chi connectivity index (χ4n) is 6.83. The van der Waals surface area contributed by atoms with Crippen LogP contribution in [0, 0.1) is 16.4 Å². The fourth-order valence-corrected chi connectivity index (χ4v) is 6.83. The maximum absolute atomic E-state index is 3.88. The van der Waals surface area contributed by atoms with Crippen molar-refractivity contribution in [2.24, 2.45) is 5.92 Å². The molecule has 0 aromatic heterocycles. The van der Waals surface area contributed by atoms with Gasteiger partial charge in [-0.25, -0.2) is 0 Å². The highest BCUT2D eigenvalue weighted by molar-refractivity contribution is 5.76. The molecule has 0 radical (unpaired) electrons. The van der Waals surface area contributed by atoms with E-state index in [0.29, 0.717) is 0 Å². The summed E-state index contributed by atoms with van der Waals surface area (Å²) >= 11 is 0. The van der Waals surface area contributed by atoms with Crippen LogP contribution in [0.25, 0.3) is 17.3 Å². The molecule has 0 spiro atoms. The second-order valence-electron chi connectivity index (χ2n) is 13.1. The van der Waals surface area contributed by atoms with Gasteiger partial charge in [-0.2, -0.15) is 0 Å². The molecule has 1 atom stereocenters. The minimum Gasteiger partial charge on any atom is -0.348 e. The van der Waals surface area contributed by atoms with Crippen molar-refractivity contribution >= 4 is 34.4 Å². The number of allylic oxidation sites excluding steroid dienone is 14. The van der Waals surface area contributed by atoms with E-state index in [2.05, 4.69) is 215 Å². The number of anilines is 3. The first-order valence-corrected chi connectivity index (χ1v) is 17.9. The standard InChI is InChI=1S/C49H48N2/c1-7-17-36(3)40-25-28-44(29-26-40)51(43-27-24-37(4)46(35-34-43)41-19-11-9-10-12-20-41)45-32-30-42(31-33-45)50(6)38(5)47-21-15-16-23-49(47)48-22-14-13-18-39(48)8-2/h7-9,11-35,37H,1,10H2,2-6H3/b36-17+,39-8-,47-38+,49-48-. The van der Waals surface area contributed by atoms with Crippen molar-refractivity contribution in [3.63, 3.8) is 0 Å². The number of hydrogen-bond acceptors (Lipinski definition) is 2. The topological polar surface area (TPSA) is 6.48 Å². The lowest BCUT2D eigenvalue weighted by Gasteiger charge is -2.28. The van der Waals surface area contributed by atoms with Crippen LogP contribution in [0.2, 0.25) is 0 Å². The van der Waals surface area contributed by atoms with E-state index in [9.17, 15) is 0 Å². The van der Waals surface area contributed by atoms with E-state index >= 15 is 0 Å². The molecule has 254 valence electrons. The van der Waals surface area contributed by atoms with Crippen LogP contribution < -0.4 is 20.2 Å². The Labute approximate surface area is 304 Å². The summed E-state index contributed by atoms with van der Waals surface area (Å²) in [7, 11) is 2.16. The Kier molecular flexibility index (Phi) is 11.1. The average molecular weight is 665 g/mol. The summed E-state index contributed by atoms with van der Waals surface area (Å²) in [4.78, 5) is 4.64. The van der Waals surface area contributed by atoms with Crippen LogP contribution in [-0.4, -0.2) is 7.05 Å². The highest BCUT2D eigenvalue weighted by Gasteiger charge is 2.18. The number of rotatable bonds is 8. The van der Waals surface area contributed by atoms with E-state index in [-0.39, 0.29) is 5.92 Å². The van der Waals surface area contributed by atoms with Crippen molar-refractivity contribution in [1.82, 2.24) is 0 Å². The zero-order chi connectivity index (χ0) is 35.7. The molecule has 1 unspecified atom stereocenters. The molecule has 4 aromatic rings. The summed E-state index contributed by atoms with van der Waals surface area (Å²) in [5.74, 6) is 0.275. The SMILES string of the molecule is C=C/C=C(\C)c1ccc(N(C2=CC=C(C3=CC=CCC=C3)C(C)C=C2)c2ccc(N(C)\C(C)=c3/cccc/c3=c3\cccc\c3=C\C)cc2)cc1. The lowest BCUT2D eigenvalue weighted by molar-refractivity contribution is 0.881. The Morgan fingerprint density at radius 1 is 0.745 bits per heavy atom. The van der Waals surface area contributed by atoms with Crippen LogP contribution in [0.4, 0.5) is 17.1 Å². The maximum atomic E-state index is 3.88. The number of nitrogens with zero attached hydrogens (tertiary/aromatic N) is 2. The van der Waals surface area contributed by atoms with Gasteiger partial charge in [-0.1, -0.05) is 135 Å². The predicted octanol–water partition coefficient (Wildman–Crippen LogP) is 11.2. The smallest absolute Gasteiger partial charge is 0.0463 e. The Morgan fingerprint density at radius 2 is 1.41 bits per heavy atom. The second-order valence-corrected chi connectivity index (χ2v) is 13.1. The summed E-state index contributed by atoms with van der Waals surface area (Å²) in [6.07, 6.45) is 27.2. The van der Waals surface area contributed by atoms with Gasteiger partial charge >= 0.3 is 0 Å². The predicted molar refractivity (Wildman–Crippen MR) is 222 cm³/mol. The van der Waals surface area contributed by atoms with Crippen LogP contribution in [0.1, 0.15) is 39.7 Å². The Balaban J connectivity index is 1.43. The van der Waals surface area contributed by atoms with E-state index in [1.54, 1.807) is 0 Å². The monoisotopic (exact) mass is 664 g/mol. The van der Waals surface area contributed by atoms with E-state index in [1.165, 1.54) is 48.9 Å². The van der Waals surface area contributed by atoms with Gasteiger partial charge in [0.05, 0.1) is 0 Å². The Morgan fingerprint density at radius 3 is 2.14 bits per heavy atom. The van der Waals surface area contributed by atoms with Crippen LogP contribution in [-0.2, 0) is 0 Å². The van der Waals surface area contributed by atoms with Crippen molar-refractivity contribution in [2.45, 2.75) is 34.1 Å². The summed E-state index contributed by atoms with van der Waals surface area (Å²) in [6, 6.07) is 35.1. The maximum Gasteiger partial charge on any atom is 0.0463 e. The molecule has 0 N–H and O–H groups in total. The number of benzene rings is 4. The molecule has 0 aliphatic heterocycles. The first-order valence-electron chi connectivity index (χ1n) is 17.9. The molecule has 51 heavy (non-hydrogen) atoms. The molecule has 0 bridgehead atoms. The molecule has 2 heteroatoms. The van der Waals surface area contributed by atoms with Gasteiger partial charge in [0.25, 0.3) is 0 Å². The largest absolute Gasteiger partial charge is 0.348 e. The zero-order valence-electron chi connectivity index (χ0n) is 30.6. The molecule has 0 saturated carbocycles. The molecule has 2 aliphatic rings. The molecule has 4 aromatic carbocycles. The first kappa shape index (κ1) is 35.0. The summed E-state index contributed by atoms with van der Waals surface area (Å²) in [6.45, 7) is 12.6. The molecule has 0 heterocycles. The zero-order valence-corrected chi connectivity index (χ0v) is 30.6. The third kappa shape index (κ3) is 7.82. The van der Waals surface area contributed by atoms with Crippen molar-refractivity contribution in [3.05, 3.63) is 214 Å². The molecule has 2 nitrogen and oxygen atoms in total. The third-order valence-electron chi connectivity index (χ3n) is 9.88. The van der Waals surface area contributed by atoms with E-state index in [1.807, 2.05) is 6.08 Å². The molecule has 2 aliphatic carbocycles. The van der Waals surface area contributed by atoms with Gasteiger partial charge in [0.15, 0.2) is 0 Å². The first-order chi connectivity index (χ1) is 24.9. The van der Waals surface area contributed by atoms with Crippen LogP contribution in [0.15, 0.2) is 187 Å². The molecular formula is C49H48N2. The van der Waals surface area contributed by atoms with Gasteiger partial charge in [-0.3, -0.25) is 0 Å². The van der Waals surface area contributed by atoms with Crippen molar-refractivity contribution in [2.75, 3.05) is 16.8 Å². The summed E-state index contributed by atoms with van der Waals surface area (Å²) < 4.78 is 0. The third-order valence-corrected chi connectivity index (χ3v) is 9.88. The van der Waals surface area contributed by atoms with Gasteiger partial charge in [0, 0.05) is 40.7 Å². The van der Waals surface area contributed by atoms with Crippen LogP contribution in [0.3, 0.4) is 0 Å². The summed E-state index contributed by atoms with van der Waals surface area (Å²) in [5, 5.41) is 4.94. The normalized spacial score (nSPS) is 17.5. The van der Waals surface area contributed by atoms with Crippen LogP contribution >= 0.6 is 0 Å². The highest BCUT2D eigenvalue weighted by atomic mass is 15.2. The highest BCUT2D eigenvalue weighted by Crippen LogP contribution is 2.35. The van der Waals surface area contributed by atoms with Crippen molar-refractivity contribution in [1.29, 1.82) is 0 Å². The minimum atomic E-state index is 0.275. The van der Waals surface area contributed by atoms with Gasteiger partial charge in [0.2, 0.25) is 0 Å². The number of hydrogen-bond donors (Lipinski definition) is 0. The Bertz CT molecular complexity index is 2340. The minimum absolute atomic E-state index is 0.275. The lowest BCUT2D eigenvalue weighted by atomic mass is 9.93. The molecule has 0 amide bonds. The molecule has 6 rings (SSSR count). The molecule has 0 fully saturated rings. The summed E-state index contributed by atoms with van der Waals surface area (Å²) in [5.41, 5.74) is 10.6. The van der Waals surface area contributed by atoms with Crippen LogP contribution in [0.5, 0.6) is 0 Å². The van der Waals surface area contributed by atoms with Gasteiger partial charge in [0.1, 0.15) is 0 Å². The van der Waals surface area contributed by atoms with Gasteiger partial charge < -0.3 is 9.80 Å². The quantitative estimate of drug-likeness (QED) is 0.173. The lowest BCUT2D eigenvalue weighted by Crippen LogP contribution is -2.22. The molecular weight excluding hydrogens is 617 g/mol. The second kappa shape index (κ2) is 16.2. The van der Waals surface area contributed by atoms with E-state index in [4.69, 9.17) is 0 Å². The van der Waals surface area contributed by atoms with Crippen molar-refractivity contribution in [3.8, 4) is 0 Å². The Hall–Kier alpha value is -5.86. The fraction of sp³-hybridized carbons (Fsp3) is 0.143.